The van der Waals surface area contributed by atoms with Crippen molar-refractivity contribution in [3.63, 3.8) is 0 Å². The number of aromatic amines is 1. The molecule has 0 aliphatic heterocycles. The first-order chi connectivity index (χ1) is 6.27. The molecule has 0 fully saturated rings. The number of carbonyl (C=O) groups excluding carboxylic acids is 1. The number of hydrogen-bond donors (Lipinski definition) is 3. The van der Waals surface area contributed by atoms with Crippen LogP contribution in [0.1, 0.15) is 13.3 Å². The van der Waals surface area contributed by atoms with Crippen LogP contribution < -0.4 is 11.1 Å². The molecule has 4 N–H and O–H groups in total. The zero-order valence-corrected chi connectivity index (χ0v) is 7.58. The molecule has 72 valence electrons. The molecule has 0 saturated carbocycles. The third-order valence-electron chi connectivity index (χ3n) is 1.91. The lowest BCUT2D eigenvalue weighted by Crippen LogP contribution is -2.28. The van der Waals surface area contributed by atoms with Crippen molar-refractivity contribution in [3.8, 4) is 0 Å². The normalized spacial score (nSPS) is 12.5. The van der Waals surface area contributed by atoms with E-state index in [-0.39, 0.29) is 11.8 Å². The fourth-order valence-corrected chi connectivity index (χ4v) is 1.02. The fraction of sp³-hybridized carbons (Fsp3) is 0.500. The molecule has 5 nitrogen and oxygen atoms in total. The van der Waals surface area contributed by atoms with Crippen molar-refractivity contribution in [1.82, 2.24) is 10.2 Å². The molecule has 5 heteroatoms. The molecule has 1 heterocycles. The van der Waals surface area contributed by atoms with Crippen molar-refractivity contribution < 1.29 is 4.79 Å². The van der Waals surface area contributed by atoms with Gasteiger partial charge in [0.15, 0.2) is 0 Å². The summed E-state index contributed by atoms with van der Waals surface area (Å²) in [6.45, 7) is 2.31. The highest BCUT2D eigenvalue weighted by molar-refractivity contribution is 5.91. The van der Waals surface area contributed by atoms with Gasteiger partial charge in [-0.2, -0.15) is 5.10 Å². The Morgan fingerprint density at radius 3 is 3.08 bits per heavy atom. The van der Waals surface area contributed by atoms with Gasteiger partial charge in [-0.1, -0.05) is 6.92 Å². The maximum absolute atomic E-state index is 11.4. The number of nitrogens with one attached hydrogen (secondary N) is 2. The Kier molecular flexibility index (Phi) is 3.45. The van der Waals surface area contributed by atoms with E-state index in [4.69, 9.17) is 5.73 Å². The highest BCUT2D eigenvalue weighted by Gasteiger charge is 2.14. The largest absolute Gasteiger partial charge is 0.330 e. The summed E-state index contributed by atoms with van der Waals surface area (Å²) in [6.07, 6.45) is 2.33. The van der Waals surface area contributed by atoms with Crippen molar-refractivity contribution in [2.45, 2.75) is 13.3 Å². The number of rotatable bonds is 4. The van der Waals surface area contributed by atoms with Crippen LogP contribution in [-0.4, -0.2) is 22.6 Å². The van der Waals surface area contributed by atoms with E-state index in [1.807, 2.05) is 6.92 Å². The third-order valence-corrected chi connectivity index (χ3v) is 1.91. The first-order valence-corrected chi connectivity index (χ1v) is 4.28. The van der Waals surface area contributed by atoms with Crippen molar-refractivity contribution in [2.24, 2.45) is 11.7 Å². The molecular formula is C8H14N4O. The minimum Gasteiger partial charge on any atom is -0.330 e. The fourth-order valence-electron chi connectivity index (χ4n) is 1.02. The number of hydrogen-bond acceptors (Lipinski definition) is 3. The van der Waals surface area contributed by atoms with E-state index in [2.05, 4.69) is 15.5 Å². The molecule has 1 unspecified atom stereocenters. The zero-order chi connectivity index (χ0) is 9.68. The first kappa shape index (κ1) is 9.73. The van der Waals surface area contributed by atoms with Gasteiger partial charge in [0.1, 0.15) is 5.82 Å². The van der Waals surface area contributed by atoms with Gasteiger partial charge >= 0.3 is 0 Å². The number of anilines is 1. The second-order valence-electron chi connectivity index (χ2n) is 2.80. The maximum atomic E-state index is 11.4. The van der Waals surface area contributed by atoms with Gasteiger partial charge in [-0.15, -0.1) is 0 Å². The van der Waals surface area contributed by atoms with Gasteiger partial charge < -0.3 is 11.1 Å². The van der Waals surface area contributed by atoms with Crippen LogP contribution in [0.5, 0.6) is 0 Å². The Morgan fingerprint density at radius 1 is 1.85 bits per heavy atom. The monoisotopic (exact) mass is 182 g/mol. The van der Waals surface area contributed by atoms with Crippen LogP contribution in [0.4, 0.5) is 5.82 Å². The first-order valence-electron chi connectivity index (χ1n) is 4.28. The van der Waals surface area contributed by atoms with Crippen LogP contribution in [0.25, 0.3) is 0 Å². The minimum atomic E-state index is -0.122. The summed E-state index contributed by atoms with van der Waals surface area (Å²) in [7, 11) is 0. The summed E-state index contributed by atoms with van der Waals surface area (Å²) < 4.78 is 0. The van der Waals surface area contributed by atoms with E-state index < -0.39 is 0 Å². The third kappa shape index (κ3) is 2.55. The number of amides is 1. The highest BCUT2D eigenvalue weighted by Crippen LogP contribution is 2.05. The Morgan fingerprint density at radius 2 is 2.62 bits per heavy atom. The topological polar surface area (TPSA) is 83.8 Å². The van der Waals surface area contributed by atoms with E-state index in [0.717, 1.165) is 6.42 Å². The van der Waals surface area contributed by atoms with E-state index in [1.54, 1.807) is 12.3 Å². The summed E-state index contributed by atoms with van der Waals surface area (Å²) in [6, 6.07) is 1.70. The average Bonchev–Trinajstić information content (AvgIpc) is 2.59. The molecule has 0 saturated heterocycles. The summed E-state index contributed by atoms with van der Waals surface area (Å²) in [5.74, 6) is 0.425. The standard InChI is InChI=1S/C8H14N4O/c1-2-6(5-9)8(13)11-7-3-4-10-12-7/h3-4,6H,2,5,9H2,1H3,(H2,10,11,12,13). The van der Waals surface area contributed by atoms with E-state index in [0.29, 0.717) is 12.4 Å². The molecule has 1 amide bonds. The van der Waals surface area contributed by atoms with Gasteiger partial charge in [-0.3, -0.25) is 9.89 Å². The second-order valence-corrected chi connectivity index (χ2v) is 2.80. The predicted octanol–water partition coefficient (Wildman–Crippen LogP) is 0.333. The van der Waals surface area contributed by atoms with Crippen LogP contribution in [0.2, 0.25) is 0 Å². The maximum Gasteiger partial charge on any atom is 0.229 e. The van der Waals surface area contributed by atoms with Crippen LogP contribution in [0, 0.1) is 5.92 Å². The van der Waals surface area contributed by atoms with Gasteiger partial charge in [0.25, 0.3) is 0 Å². The Bertz CT molecular complexity index is 253. The Balaban J connectivity index is 2.49. The quantitative estimate of drug-likeness (QED) is 0.627. The van der Waals surface area contributed by atoms with E-state index >= 15 is 0 Å². The van der Waals surface area contributed by atoms with Crippen molar-refractivity contribution in [1.29, 1.82) is 0 Å². The van der Waals surface area contributed by atoms with Crippen molar-refractivity contribution >= 4 is 11.7 Å². The summed E-state index contributed by atoms with van der Waals surface area (Å²) in [5, 5.41) is 9.05. The molecule has 0 aromatic carbocycles. The average molecular weight is 182 g/mol. The van der Waals surface area contributed by atoms with Crippen LogP contribution in [0.3, 0.4) is 0 Å². The molecule has 13 heavy (non-hydrogen) atoms. The van der Waals surface area contributed by atoms with E-state index in [9.17, 15) is 4.79 Å². The highest BCUT2D eigenvalue weighted by atomic mass is 16.2. The molecule has 1 aromatic rings. The zero-order valence-electron chi connectivity index (χ0n) is 7.58. The van der Waals surface area contributed by atoms with E-state index in [1.165, 1.54) is 0 Å². The van der Waals surface area contributed by atoms with Gasteiger partial charge in [0.2, 0.25) is 5.91 Å². The number of carbonyl (C=O) groups is 1. The molecule has 0 aliphatic carbocycles. The predicted molar refractivity (Wildman–Crippen MR) is 50.1 cm³/mol. The molecule has 1 rings (SSSR count). The molecule has 0 spiro atoms. The smallest absolute Gasteiger partial charge is 0.229 e. The molecular weight excluding hydrogens is 168 g/mol. The van der Waals surface area contributed by atoms with Crippen LogP contribution >= 0.6 is 0 Å². The van der Waals surface area contributed by atoms with Gasteiger partial charge in [0, 0.05) is 12.6 Å². The van der Waals surface area contributed by atoms with Crippen molar-refractivity contribution in [3.05, 3.63) is 12.3 Å². The van der Waals surface area contributed by atoms with Crippen LogP contribution in [0.15, 0.2) is 12.3 Å². The van der Waals surface area contributed by atoms with Gasteiger partial charge in [0.05, 0.1) is 12.1 Å². The number of H-pyrrole nitrogens is 1. The minimum absolute atomic E-state index is 0.0609. The summed E-state index contributed by atoms with van der Waals surface area (Å²) in [4.78, 5) is 11.4. The molecule has 1 aromatic heterocycles. The lowest BCUT2D eigenvalue weighted by molar-refractivity contribution is -0.119. The Hall–Kier alpha value is -1.36. The Labute approximate surface area is 76.7 Å². The summed E-state index contributed by atoms with van der Waals surface area (Å²) in [5.41, 5.74) is 5.43. The number of aromatic nitrogens is 2. The molecule has 0 radical (unpaired) electrons. The van der Waals surface area contributed by atoms with Crippen molar-refractivity contribution in [2.75, 3.05) is 11.9 Å². The number of nitrogens with zero attached hydrogens (tertiary/aromatic N) is 1. The summed E-state index contributed by atoms with van der Waals surface area (Å²) >= 11 is 0. The van der Waals surface area contributed by atoms with Gasteiger partial charge in [-0.05, 0) is 6.42 Å². The lowest BCUT2D eigenvalue weighted by Gasteiger charge is -2.10. The second kappa shape index (κ2) is 4.61. The van der Waals surface area contributed by atoms with Gasteiger partial charge in [-0.25, -0.2) is 0 Å². The molecule has 1 atom stereocenters. The molecule has 0 aliphatic rings. The SMILES string of the molecule is CCC(CN)C(=O)Nc1ccn[nH]1. The van der Waals surface area contributed by atoms with Crippen LogP contribution in [-0.2, 0) is 4.79 Å². The molecule has 0 bridgehead atoms. The lowest BCUT2D eigenvalue weighted by atomic mass is 10.1. The number of nitrogens with two attached hydrogens (primary N) is 1.